The van der Waals surface area contributed by atoms with Crippen LogP contribution in [0.3, 0.4) is 0 Å². The lowest BCUT2D eigenvalue weighted by Crippen LogP contribution is -2.44. The van der Waals surface area contributed by atoms with E-state index in [0.717, 1.165) is 58.5 Å². The van der Waals surface area contributed by atoms with Gasteiger partial charge in [-0.3, -0.25) is 9.78 Å². The molecule has 4 aromatic rings. The highest BCUT2D eigenvalue weighted by Gasteiger charge is 2.17. The average molecular weight is 461 g/mol. The Hall–Kier alpha value is -3.63. The molecule has 0 atom stereocenters. The van der Waals surface area contributed by atoms with Crippen LogP contribution in [0.15, 0.2) is 49.1 Å². The van der Waals surface area contributed by atoms with Crippen LogP contribution in [0, 0.1) is 0 Å². The summed E-state index contributed by atoms with van der Waals surface area (Å²) in [6.07, 6.45) is 6.99. The van der Waals surface area contributed by atoms with Gasteiger partial charge in [-0.15, -0.1) is 0 Å². The van der Waals surface area contributed by atoms with Gasteiger partial charge in [0.15, 0.2) is 5.13 Å². The Morgan fingerprint density at radius 2 is 1.79 bits per heavy atom. The monoisotopic (exact) mass is 460 g/mol. The van der Waals surface area contributed by atoms with Crippen LogP contribution < -0.4 is 15.5 Å². The number of carbonyl (C=O) groups is 1. The highest BCUT2D eigenvalue weighted by molar-refractivity contribution is 7.18. The first-order valence-electron chi connectivity index (χ1n) is 10.7. The number of carbonyl (C=O) groups excluding carboxylic acids is 1. The minimum Gasteiger partial charge on any atom is -0.365 e. The van der Waals surface area contributed by atoms with Crippen LogP contribution in [0.5, 0.6) is 0 Å². The molecule has 0 bridgehead atoms. The van der Waals surface area contributed by atoms with Crippen molar-refractivity contribution in [2.45, 2.75) is 0 Å². The molecule has 33 heavy (non-hydrogen) atoms. The summed E-state index contributed by atoms with van der Waals surface area (Å²) >= 11 is 1.54. The summed E-state index contributed by atoms with van der Waals surface area (Å²) in [7, 11) is 3.95. The summed E-state index contributed by atoms with van der Waals surface area (Å²) < 4.78 is 0. The van der Waals surface area contributed by atoms with Gasteiger partial charge >= 0.3 is 0 Å². The summed E-state index contributed by atoms with van der Waals surface area (Å²) in [6, 6.07) is 7.41. The first kappa shape index (κ1) is 21.2. The maximum Gasteiger partial charge on any atom is 0.257 e. The van der Waals surface area contributed by atoms with Gasteiger partial charge in [-0.2, -0.15) is 0 Å². The molecule has 1 fully saturated rings. The Balaban J connectivity index is 1.35. The number of hydrogen-bond donors (Lipinski definition) is 2. The largest absolute Gasteiger partial charge is 0.365 e. The summed E-state index contributed by atoms with van der Waals surface area (Å²) in [5.74, 6) is 1.10. The number of likely N-dealkylation sites (N-methyl/N-ethyl adjacent to an activating group) is 1. The van der Waals surface area contributed by atoms with Crippen molar-refractivity contribution in [3.8, 4) is 10.6 Å². The number of piperazine rings is 1. The molecule has 5 rings (SSSR count). The smallest absolute Gasteiger partial charge is 0.257 e. The Bertz CT molecular complexity index is 1300. The lowest BCUT2D eigenvalue weighted by Gasteiger charge is -2.33. The summed E-state index contributed by atoms with van der Waals surface area (Å²) in [5.41, 5.74) is 1.39. The number of thiazole rings is 1. The molecule has 0 saturated carbocycles. The zero-order valence-corrected chi connectivity index (χ0v) is 19.3. The summed E-state index contributed by atoms with van der Waals surface area (Å²) in [5, 5.41) is 8.63. The molecule has 4 aromatic heterocycles. The topological polar surface area (TPSA) is 99.2 Å². The van der Waals surface area contributed by atoms with E-state index in [9.17, 15) is 4.79 Å². The number of rotatable bonds is 5. The van der Waals surface area contributed by atoms with Gasteiger partial charge in [0, 0.05) is 69.0 Å². The van der Waals surface area contributed by atoms with Crippen LogP contribution in [0.25, 0.3) is 21.3 Å². The summed E-state index contributed by atoms with van der Waals surface area (Å²) in [4.78, 5) is 36.1. The molecule has 0 aliphatic carbocycles. The minimum absolute atomic E-state index is 0.213. The third-order valence-corrected chi connectivity index (χ3v) is 6.69. The van der Waals surface area contributed by atoms with Crippen molar-refractivity contribution < 1.29 is 4.79 Å². The van der Waals surface area contributed by atoms with Crippen LogP contribution >= 0.6 is 11.3 Å². The zero-order chi connectivity index (χ0) is 22.8. The van der Waals surface area contributed by atoms with Gasteiger partial charge in [0.25, 0.3) is 5.91 Å². The fourth-order valence-electron chi connectivity index (χ4n) is 3.71. The third kappa shape index (κ3) is 4.62. The van der Waals surface area contributed by atoms with Crippen LogP contribution in [0.4, 0.5) is 16.8 Å². The van der Waals surface area contributed by atoms with E-state index in [1.807, 2.05) is 25.2 Å². The first-order valence-corrected chi connectivity index (χ1v) is 11.5. The van der Waals surface area contributed by atoms with E-state index in [-0.39, 0.29) is 5.91 Å². The molecular weight excluding hydrogens is 436 g/mol. The molecule has 5 heterocycles. The fraction of sp³-hybridized carbons (Fsp3) is 0.261. The van der Waals surface area contributed by atoms with Crippen molar-refractivity contribution in [3.05, 3.63) is 54.6 Å². The van der Waals surface area contributed by atoms with Gasteiger partial charge in [-0.05, 0) is 36.7 Å². The Morgan fingerprint density at radius 1 is 0.970 bits per heavy atom. The van der Waals surface area contributed by atoms with Crippen LogP contribution in [-0.4, -0.2) is 71.0 Å². The molecule has 168 valence electrons. The van der Waals surface area contributed by atoms with Crippen LogP contribution in [0.1, 0.15) is 10.4 Å². The van der Waals surface area contributed by atoms with E-state index >= 15 is 0 Å². The molecule has 9 nitrogen and oxygen atoms in total. The van der Waals surface area contributed by atoms with Crippen molar-refractivity contribution in [2.75, 3.05) is 55.8 Å². The van der Waals surface area contributed by atoms with E-state index in [0.29, 0.717) is 11.4 Å². The first-order chi connectivity index (χ1) is 16.1. The van der Waals surface area contributed by atoms with Gasteiger partial charge in [0.05, 0.1) is 10.6 Å². The van der Waals surface area contributed by atoms with Gasteiger partial charge in [0.2, 0.25) is 0 Å². The van der Waals surface area contributed by atoms with E-state index in [2.05, 4.69) is 47.4 Å². The lowest BCUT2D eigenvalue weighted by molar-refractivity contribution is 0.102. The van der Waals surface area contributed by atoms with Crippen molar-refractivity contribution in [1.82, 2.24) is 24.8 Å². The van der Waals surface area contributed by atoms with E-state index in [1.165, 1.54) is 11.3 Å². The van der Waals surface area contributed by atoms with E-state index in [4.69, 9.17) is 0 Å². The highest BCUT2D eigenvalue weighted by Crippen LogP contribution is 2.29. The number of nitrogens with zero attached hydrogens (tertiary/aromatic N) is 6. The maximum atomic E-state index is 12.9. The molecule has 0 radical (unpaired) electrons. The van der Waals surface area contributed by atoms with Gasteiger partial charge in [0.1, 0.15) is 11.6 Å². The lowest BCUT2D eigenvalue weighted by atomic mass is 10.2. The average Bonchev–Trinajstić information content (AvgIpc) is 3.34. The predicted octanol–water partition coefficient (Wildman–Crippen LogP) is 3.19. The van der Waals surface area contributed by atoms with Crippen molar-refractivity contribution >= 4 is 44.8 Å². The maximum absolute atomic E-state index is 12.9. The molecule has 2 N–H and O–H groups in total. The van der Waals surface area contributed by atoms with Gasteiger partial charge in [-0.25, -0.2) is 15.0 Å². The second-order valence-electron chi connectivity index (χ2n) is 7.91. The standard InChI is InChI=1S/C23H24N8OS/c1-24-23-28-14-19(33-23)18-9-16-10-20(27-13-17(16)12-26-18)29-22(32)15-3-4-25-21(11-15)31-7-5-30(2)6-8-31/h3-4,9-14H,5-8H2,1-2H3,(H,24,28)(H,27,29,32). The van der Waals surface area contributed by atoms with Gasteiger partial charge < -0.3 is 20.4 Å². The van der Waals surface area contributed by atoms with E-state index in [1.54, 1.807) is 30.9 Å². The third-order valence-electron chi connectivity index (χ3n) is 5.65. The number of aromatic nitrogens is 4. The van der Waals surface area contributed by atoms with E-state index < -0.39 is 0 Å². The quantitative estimate of drug-likeness (QED) is 0.469. The number of pyridine rings is 3. The Labute approximate surface area is 195 Å². The zero-order valence-electron chi connectivity index (χ0n) is 18.4. The van der Waals surface area contributed by atoms with Crippen LogP contribution in [-0.2, 0) is 0 Å². The summed E-state index contributed by atoms with van der Waals surface area (Å²) in [6.45, 7) is 3.75. The molecule has 1 amide bonds. The molecule has 1 aliphatic rings. The Morgan fingerprint density at radius 3 is 2.58 bits per heavy atom. The Kier molecular flexibility index (Phi) is 5.84. The van der Waals surface area contributed by atoms with Crippen LogP contribution in [0.2, 0.25) is 0 Å². The van der Waals surface area contributed by atoms with Crippen molar-refractivity contribution in [2.24, 2.45) is 0 Å². The highest BCUT2D eigenvalue weighted by atomic mass is 32.1. The molecule has 0 spiro atoms. The number of anilines is 3. The number of hydrogen-bond acceptors (Lipinski definition) is 9. The minimum atomic E-state index is -0.213. The molecule has 1 aliphatic heterocycles. The van der Waals surface area contributed by atoms with Gasteiger partial charge in [-0.1, -0.05) is 11.3 Å². The number of fused-ring (bicyclic) bond motifs is 1. The van der Waals surface area contributed by atoms with Crippen molar-refractivity contribution in [3.63, 3.8) is 0 Å². The predicted molar refractivity (Wildman–Crippen MR) is 132 cm³/mol. The molecule has 1 saturated heterocycles. The molecular formula is C23H24N8OS. The second kappa shape index (κ2) is 9.08. The molecule has 10 heteroatoms. The fourth-order valence-corrected chi connectivity index (χ4v) is 4.44. The van der Waals surface area contributed by atoms with Crippen molar-refractivity contribution in [1.29, 1.82) is 0 Å². The number of nitrogens with one attached hydrogen (secondary N) is 2. The molecule has 0 aromatic carbocycles. The SMILES string of the molecule is CNc1ncc(-c2cc3cc(NC(=O)c4ccnc(N5CCN(C)CC5)c4)ncc3cn2)s1. The molecule has 0 unspecified atom stereocenters. The normalized spacial score (nSPS) is 14.4. The number of amides is 1. The second-order valence-corrected chi connectivity index (χ2v) is 8.94.